The number of anilines is 1. The number of benzene rings is 1. The summed E-state index contributed by atoms with van der Waals surface area (Å²) in [6, 6.07) is 5.13. The fraction of sp³-hybridized carbons (Fsp3) is 0.471. The predicted molar refractivity (Wildman–Crippen MR) is 94.0 cm³/mol. The number of carbonyl (C=O) groups excluding carboxylic acids is 3. The smallest absolute Gasteiger partial charge is 0.329 e. The first-order valence-corrected chi connectivity index (χ1v) is 8.91. The molecule has 1 aromatic carbocycles. The van der Waals surface area contributed by atoms with E-state index < -0.39 is 17.3 Å². The van der Waals surface area contributed by atoms with Crippen molar-refractivity contribution >= 4 is 35.2 Å². The molecule has 0 radical (unpaired) electrons. The van der Waals surface area contributed by atoms with Crippen LogP contribution < -0.4 is 10.6 Å². The molecule has 2 atom stereocenters. The van der Waals surface area contributed by atoms with Crippen molar-refractivity contribution in [3.05, 3.63) is 29.3 Å². The van der Waals surface area contributed by atoms with Crippen LogP contribution in [0.3, 0.4) is 0 Å². The lowest BCUT2D eigenvalue weighted by Crippen LogP contribution is -2.51. The first kappa shape index (κ1) is 18.3. The van der Waals surface area contributed by atoms with Gasteiger partial charge in [-0.2, -0.15) is 0 Å². The van der Waals surface area contributed by atoms with Crippen LogP contribution in [0.5, 0.6) is 0 Å². The monoisotopic (exact) mass is 350 g/mol. The zero-order chi connectivity index (χ0) is 17.7. The van der Waals surface area contributed by atoms with Crippen LogP contribution in [0, 0.1) is 13.8 Å². The van der Waals surface area contributed by atoms with Crippen LogP contribution in [0.15, 0.2) is 18.2 Å². The third-order valence-corrected chi connectivity index (χ3v) is 4.98. The van der Waals surface area contributed by atoms with E-state index in [9.17, 15) is 14.4 Å². The molecule has 1 aromatic rings. The Morgan fingerprint density at radius 3 is 2.75 bits per heavy atom. The predicted octanol–water partition coefficient (Wildman–Crippen LogP) is 1.80. The number of nitrogens with one attached hydrogen (secondary N) is 2. The van der Waals surface area contributed by atoms with Gasteiger partial charge in [-0.05, 0) is 32.4 Å². The molecule has 130 valence electrons. The van der Waals surface area contributed by atoms with Crippen LogP contribution in [0.1, 0.15) is 24.5 Å². The van der Waals surface area contributed by atoms with Gasteiger partial charge in [-0.1, -0.05) is 17.7 Å². The van der Waals surface area contributed by atoms with Crippen molar-refractivity contribution in [3.63, 3.8) is 0 Å². The normalized spacial score (nSPS) is 20.2. The molecule has 1 aliphatic heterocycles. The van der Waals surface area contributed by atoms with Gasteiger partial charge in [-0.3, -0.25) is 9.59 Å². The molecule has 1 fully saturated rings. The summed E-state index contributed by atoms with van der Waals surface area (Å²) in [7, 11) is 0. The van der Waals surface area contributed by atoms with E-state index in [0.717, 1.165) is 16.8 Å². The van der Waals surface area contributed by atoms with Crippen molar-refractivity contribution in [2.24, 2.45) is 0 Å². The number of ether oxygens (including phenoxy) is 1. The molecule has 0 aromatic heterocycles. The van der Waals surface area contributed by atoms with E-state index in [-0.39, 0.29) is 24.8 Å². The van der Waals surface area contributed by atoms with E-state index in [1.54, 1.807) is 6.92 Å². The van der Waals surface area contributed by atoms with Crippen molar-refractivity contribution in [2.75, 3.05) is 17.7 Å². The molecule has 6 nitrogen and oxygen atoms in total. The molecule has 0 aliphatic carbocycles. The molecular weight excluding hydrogens is 328 g/mol. The third kappa shape index (κ3) is 4.74. The fourth-order valence-corrected chi connectivity index (χ4v) is 3.57. The van der Waals surface area contributed by atoms with Gasteiger partial charge in [-0.25, -0.2) is 4.79 Å². The van der Waals surface area contributed by atoms with E-state index in [1.165, 1.54) is 11.8 Å². The van der Waals surface area contributed by atoms with Crippen molar-refractivity contribution in [3.8, 4) is 0 Å². The zero-order valence-corrected chi connectivity index (χ0v) is 14.9. The van der Waals surface area contributed by atoms with Gasteiger partial charge < -0.3 is 15.4 Å². The van der Waals surface area contributed by atoms with Gasteiger partial charge in [0, 0.05) is 17.9 Å². The van der Waals surface area contributed by atoms with Crippen molar-refractivity contribution in [1.82, 2.24) is 5.32 Å². The van der Waals surface area contributed by atoms with Crippen molar-refractivity contribution in [2.45, 2.75) is 38.5 Å². The van der Waals surface area contributed by atoms with E-state index in [4.69, 9.17) is 4.74 Å². The maximum Gasteiger partial charge on any atom is 0.329 e. The Labute approximate surface area is 145 Å². The molecule has 0 spiro atoms. The summed E-state index contributed by atoms with van der Waals surface area (Å²) in [5.41, 5.74) is 2.85. The van der Waals surface area contributed by atoms with Crippen LogP contribution in [0.25, 0.3) is 0 Å². The summed E-state index contributed by atoms with van der Waals surface area (Å²) in [6.45, 7) is 5.91. The Kier molecular flexibility index (Phi) is 6.25. The number of hydrogen-bond acceptors (Lipinski definition) is 5. The van der Waals surface area contributed by atoms with E-state index in [1.807, 2.05) is 32.0 Å². The van der Waals surface area contributed by atoms with Crippen LogP contribution in [-0.4, -0.2) is 41.4 Å². The molecular formula is C17H22N2O4S. The minimum Gasteiger partial charge on any atom is -0.464 e. The molecule has 2 rings (SSSR count). The van der Waals surface area contributed by atoms with Crippen LogP contribution in [0.2, 0.25) is 0 Å². The van der Waals surface area contributed by atoms with Gasteiger partial charge in [0.25, 0.3) is 0 Å². The number of carbonyl (C=O) groups is 3. The average molecular weight is 350 g/mol. The Hall–Kier alpha value is -2.02. The number of thioether (sulfide) groups is 1. The Bertz CT molecular complexity index is 647. The fourth-order valence-electron chi connectivity index (χ4n) is 2.44. The third-order valence-electron chi connectivity index (χ3n) is 3.67. The minimum atomic E-state index is -0.638. The van der Waals surface area contributed by atoms with E-state index >= 15 is 0 Å². The highest BCUT2D eigenvalue weighted by Crippen LogP contribution is 2.23. The summed E-state index contributed by atoms with van der Waals surface area (Å²) in [4.78, 5) is 35.9. The van der Waals surface area contributed by atoms with E-state index in [2.05, 4.69) is 10.6 Å². The zero-order valence-electron chi connectivity index (χ0n) is 14.0. The topological polar surface area (TPSA) is 84.5 Å². The molecule has 2 amide bonds. The Morgan fingerprint density at radius 1 is 1.38 bits per heavy atom. The number of esters is 1. The molecule has 0 saturated carbocycles. The maximum atomic E-state index is 12.2. The molecule has 0 unspecified atom stereocenters. The second kappa shape index (κ2) is 8.19. The molecule has 24 heavy (non-hydrogen) atoms. The molecule has 2 N–H and O–H groups in total. The maximum absolute atomic E-state index is 12.2. The average Bonchev–Trinajstić information content (AvgIpc) is 2.52. The van der Waals surface area contributed by atoms with Gasteiger partial charge in [0.2, 0.25) is 11.8 Å². The SMILES string of the molecule is CCOC(=O)[C@@H]1CS[C@@H](CC(=O)Nc2ccc(C)cc2C)C(=O)N1. The number of rotatable bonds is 5. The second-order valence-corrected chi connectivity index (χ2v) is 6.94. The van der Waals surface area contributed by atoms with Crippen LogP contribution >= 0.6 is 11.8 Å². The minimum absolute atomic E-state index is 0.0688. The van der Waals surface area contributed by atoms with Gasteiger partial charge in [0.05, 0.1) is 11.9 Å². The number of amides is 2. The van der Waals surface area contributed by atoms with Crippen LogP contribution in [-0.2, 0) is 19.1 Å². The van der Waals surface area contributed by atoms with E-state index in [0.29, 0.717) is 5.75 Å². The molecule has 7 heteroatoms. The lowest BCUT2D eigenvalue weighted by Gasteiger charge is -2.27. The molecule has 0 bridgehead atoms. The Balaban J connectivity index is 1.89. The van der Waals surface area contributed by atoms with Gasteiger partial charge in [0.15, 0.2) is 0 Å². The van der Waals surface area contributed by atoms with Crippen LogP contribution in [0.4, 0.5) is 5.69 Å². The lowest BCUT2D eigenvalue weighted by molar-refractivity contribution is -0.146. The first-order valence-electron chi connectivity index (χ1n) is 7.86. The highest BCUT2D eigenvalue weighted by atomic mass is 32.2. The quantitative estimate of drug-likeness (QED) is 0.791. The first-order chi connectivity index (χ1) is 11.4. The van der Waals surface area contributed by atoms with Crippen molar-refractivity contribution in [1.29, 1.82) is 0 Å². The highest BCUT2D eigenvalue weighted by Gasteiger charge is 2.34. The van der Waals surface area contributed by atoms with Gasteiger partial charge in [0.1, 0.15) is 6.04 Å². The summed E-state index contributed by atoms with van der Waals surface area (Å²) < 4.78 is 4.90. The van der Waals surface area contributed by atoms with Gasteiger partial charge in [-0.15, -0.1) is 11.8 Å². The summed E-state index contributed by atoms with van der Waals surface area (Å²) in [5, 5.41) is 4.96. The second-order valence-electron chi connectivity index (χ2n) is 5.71. The largest absolute Gasteiger partial charge is 0.464 e. The lowest BCUT2D eigenvalue weighted by atomic mass is 10.1. The Morgan fingerprint density at radius 2 is 2.12 bits per heavy atom. The highest BCUT2D eigenvalue weighted by molar-refractivity contribution is 8.00. The summed E-state index contributed by atoms with van der Waals surface area (Å²) >= 11 is 1.31. The molecule has 1 aliphatic rings. The molecule has 1 heterocycles. The molecule has 1 saturated heterocycles. The summed E-state index contributed by atoms with van der Waals surface area (Å²) in [6.07, 6.45) is 0.0688. The summed E-state index contributed by atoms with van der Waals surface area (Å²) in [5.74, 6) is -0.549. The standard InChI is InChI=1S/C17H22N2O4S/c1-4-23-17(22)13-9-24-14(16(21)19-13)8-15(20)18-12-6-5-10(2)7-11(12)3/h5-7,13-14H,4,8-9H2,1-3H3,(H,18,20)(H,19,21)/t13-,14-/m0/s1. The number of hydrogen-bond donors (Lipinski definition) is 2. The van der Waals surface area contributed by atoms with Crippen molar-refractivity contribution < 1.29 is 19.1 Å². The van der Waals surface area contributed by atoms with Gasteiger partial charge >= 0.3 is 5.97 Å². The number of aryl methyl sites for hydroxylation is 2.